The number of esters is 2. The first-order valence-corrected chi connectivity index (χ1v) is 23.7. The summed E-state index contributed by atoms with van der Waals surface area (Å²) in [4.78, 5) is 47.6. The van der Waals surface area contributed by atoms with E-state index in [1.165, 1.54) is 38.5 Å². The van der Waals surface area contributed by atoms with Crippen LogP contribution in [-0.2, 0) is 37.5 Å². The number of ketones is 1. The van der Waals surface area contributed by atoms with E-state index in [1.807, 2.05) is 6.08 Å². The minimum absolute atomic E-state index is 0.000265. The van der Waals surface area contributed by atoms with Gasteiger partial charge in [-0.1, -0.05) is 133 Å². The standard InChI is InChI=1S/C45H78NO11P/c1-3-5-7-8-9-10-11-12-13-14-15-16-17-18-19-20-26-30-45(51)57-39(37-56-58(52,53)55-34-33-46)36-54-44(50)29-25-22-21-24-28-40-41(43(49)35-42(40)48)32-31-38(47)27-23-6-4-2/h12-13,15-16,18-19,31-32,38-42,47-48H,3-11,14,17,20-30,33-37,46H2,1-2H3,(H,52,53)/b13-12-,16-15-,19-18-,32-31+/t38-,39+,40+,41+,42-/m0/s1. The highest BCUT2D eigenvalue weighted by molar-refractivity contribution is 7.47. The van der Waals surface area contributed by atoms with Crippen molar-refractivity contribution in [3.8, 4) is 0 Å². The molecule has 0 amide bonds. The lowest BCUT2D eigenvalue weighted by molar-refractivity contribution is -0.161. The fourth-order valence-corrected chi connectivity index (χ4v) is 7.50. The van der Waals surface area contributed by atoms with E-state index in [4.69, 9.17) is 24.3 Å². The molecule has 0 aromatic rings. The van der Waals surface area contributed by atoms with Crippen molar-refractivity contribution in [2.75, 3.05) is 26.4 Å². The van der Waals surface area contributed by atoms with Crippen LogP contribution in [0.25, 0.3) is 0 Å². The number of carbonyl (C=O) groups is 3. The number of Topliss-reactive ketones (excluding diaryl/α,β-unsaturated/α-hetero) is 1. The molecule has 0 bridgehead atoms. The molecule has 334 valence electrons. The highest BCUT2D eigenvalue weighted by Crippen LogP contribution is 2.43. The Balaban J connectivity index is 2.40. The number of carbonyl (C=O) groups excluding carboxylic acids is 3. The normalized spacial score (nSPS) is 19.5. The molecule has 1 aliphatic carbocycles. The number of aliphatic hydroxyl groups is 2. The van der Waals surface area contributed by atoms with Gasteiger partial charge in [0.15, 0.2) is 6.10 Å². The fraction of sp³-hybridized carbons (Fsp3) is 0.756. The lowest BCUT2D eigenvalue weighted by Crippen LogP contribution is -2.29. The summed E-state index contributed by atoms with van der Waals surface area (Å²) in [5.74, 6) is -1.63. The summed E-state index contributed by atoms with van der Waals surface area (Å²) in [6, 6.07) is 0. The van der Waals surface area contributed by atoms with Crippen LogP contribution in [0.5, 0.6) is 0 Å². The predicted molar refractivity (Wildman–Crippen MR) is 230 cm³/mol. The van der Waals surface area contributed by atoms with Crippen molar-refractivity contribution in [2.24, 2.45) is 17.6 Å². The maximum atomic E-state index is 12.6. The average molecular weight is 840 g/mol. The first-order chi connectivity index (χ1) is 28.0. The highest BCUT2D eigenvalue weighted by Gasteiger charge is 2.39. The summed E-state index contributed by atoms with van der Waals surface area (Å²) in [5.41, 5.74) is 5.34. The van der Waals surface area contributed by atoms with Crippen molar-refractivity contribution in [1.82, 2.24) is 0 Å². The van der Waals surface area contributed by atoms with Crippen molar-refractivity contribution >= 4 is 25.5 Å². The van der Waals surface area contributed by atoms with Gasteiger partial charge >= 0.3 is 19.8 Å². The van der Waals surface area contributed by atoms with E-state index >= 15 is 0 Å². The Hall–Kier alpha value is -2.44. The molecular formula is C45H78NO11P. The lowest BCUT2D eigenvalue weighted by Gasteiger charge is -2.20. The van der Waals surface area contributed by atoms with E-state index in [1.54, 1.807) is 12.2 Å². The van der Waals surface area contributed by atoms with Gasteiger partial charge in [-0.15, -0.1) is 0 Å². The fourth-order valence-electron chi connectivity index (χ4n) is 6.73. The summed E-state index contributed by atoms with van der Waals surface area (Å²) < 4.78 is 32.7. The van der Waals surface area contributed by atoms with E-state index in [9.17, 15) is 34.1 Å². The van der Waals surface area contributed by atoms with Gasteiger partial charge in [0.2, 0.25) is 0 Å². The quantitative estimate of drug-likeness (QED) is 0.0201. The molecule has 12 nitrogen and oxygen atoms in total. The van der Waals surface area contributed by atoms with E-state index in [2.05, 4.69) is 44.2 Å². The summed E-state index contributed by atoms with van der Waals surface area (Å²) in [6.45, 7) is 3.29. The van der Waals surface area contributed by atoms with Crippen LogP contribution in [0.3, 0.4) is 0 Å². The minimum atomic E-state index is -4.45. The van der Waals surface area contributed by atoms with Crippen molar-refractivity contribution in [3.63, 3.8) is 0 Å². The summed E-state index contributed by atoms with van der Waals surface area (Å²) >= 11 is 0. The SMILES string of the molecule is CCCCCCCC/C=C\C/C=C\C/C=C\CCCC(=O)O[C@H](COC(=O)CCCCCC[C@H]1[C@@H](O)CC(=O)[C@@H]1/C=C/[C@@H](O)CCCCC)COP(=O)(O)OCCN. The third-order valence-corrected chi connectivity index (χ3v) is 11.1. The molecule has 58 heavy (non-hydrogen) atoms. The van der Waals surface area contributed by atoms with Crippen LogP contribution in [0, 0.1) is 11.8 Å². The monoisotopic (exact) mass is 840 g/mol. The van der Waals surface area contributed by atoms with Crippen molar-refractivity contribution in [1.29, 1.82) is 0 Å². The number of aliphatic hydroxyl groups excluding tert-OH is 2. The molecule has 1 fully saturated rings. The third-order valence-electron chi connectivity index (χ3n) is 10.1. The number of unbranched alkanes of at least 4 members (excludes halogenated alkanes) is 12. The molecule has 0 aliphatic heterocycles. The number of ether oxygens (including phenoxy) is 2. The van der Waals surface area contributed by atoms with Gasteiger partial charge in [-0.25, -0.2) is 4.57 Å². The van der Waals surface area contributed by atoms with Crippen LogP contribution in [-0.4, -0.2) is 77.5 Å². The van der Waals surface area contributed by atoms with Crippen LogP contribution in [0.4, 0.5) is 0 Å². The molecule has 0 aromatic carbocycles. The van der Waals surface area contributed by atoms with Crippen LogP contribution in [0.15, 0.2) is 48.6 Å². The van der Waals surface area contributed by atoms with Gasteiger partial charge in [-0.05, 0) is 63.7 Å². The number of nitrogens with two attached hydrogens (primary N) is 1. The average Bonchev–Trinajstić information content (AvgIpc) is 3.47. The van der Waals surface area contributed by atoms with Crippen molar-refractivity contribution in [3.05, 3.63) is 48.6 Å². The number of phosphoric ester groups is 1. The zero-order valence-corrected chi connectivity index (χ0v) is 36.6. The van der Waals surface area contributed by atoms with E-state index in [0.717, 1.165) is 57.8 Å². The molecule has 0 spiro atoms. The topological polar surface area (TPSA) is 192 Å². The molecule has 0 saturated heterocycles. The maximum Gasteiger partial charge on any atom is 0.472 e. The van der Waals surface area contributed by atoms with Gasteiger partial charge < -0.3 is 30.3 Å². The lowest BCUT2D eigenvalue weighted by atomic mass is 9.88. The Morgan fingerprint density at radius 2 is 1.40 bits per heavy atom. The zero-order chi connectivity index (χ0) is 42.7. The van der Waals surface area contributed by atoms with Crippen molar-refractivity contribution in [2.45, 2.75) is 180 Å². The molecule has 0 heterocycles. The second-order valence-corrected chi connectivity index (χ2v) is 16.8. The second-order valence-electron chi connectivity index (χ2n) is 15.3. The van der Waals surface area contributed by atoms with Crippen LogP contribution in [0.1, 0.15) is 162 Å². The van der Waals surface area contributed by atoms with Crippen molar-refractivity contribution < 1.29 is 52.6 Å². The van der Waals surface area contributed by atoms with Gasteiger partial charge in [-0.2, -0.15) is 0 Å². The van der Waals surface area contributed by atoms with Crippen LogP contribution in [0.2, 0.25) is 0 Å². The van der Waals surface area contributed by atoms with Gasteiger partial charge in [-0.3, -0.25) is 23.4 Å². The van der Waals surface area contributed by atoms with Gasteiger partial charge in [0.05, 0.1) is 25.4 Å². The Bertz CT molecular complexity index is 1250. The van der Waals surface area contributed by atoms with E-state index in [-0.39, 0.29) is 50.7 Å². The number of hydrogen-bond donors (Lipinski definition) is 4. The molecule has 1 rings (SSSR count). The summed E-state index contributed by atoms with van der Waals surface area (Å²) in [5, 5.41) is 20.7. The Labute approximate surface area is 349 Å². The largest absolute Gasteiger partial charge is 0.472 e. The molecule has 6 atom stereocenters. The molecule has 1 unspecified atom stereocenters. The summed E-state index contributed by atoms with van der Waals surface area (Å²) in [7, 11) is -4.45. The van der Waals surface area contributed by atoms with Gasteiger partial charge in [0, 0.05) is 31.7 Å². The van der Waals surface area contributed by atoms with Gasteiger partial charge in [0.1, 0.15) is 12.4 Å². The number of rotatable bonds is 37. The molecule has 0 aromatic heterocycles. The van der Waals surface area contributed by atoms with Crippen LogP contribution < -0.4 is 5.73 Å². The summed E-state index contributed by atoms with van der Waals surface area (Å²) in [6.07, 6.45) is 33.4. The Morgan fingerprint density at radius 3 is 2.10 bits per heavy atom. The number of allylic oxidation sites excluding steroid dienone is 7. The first kappa shape index (κ1) is 53.6. The molecule has 13 heteroatoms. The molecule has 5 N–H and O–H groups in total. The van der Waals surface area contributed by atoms with Crippen LogP contribution >= 0.6 is 7.82 Å². The van der Waals surface area contributed by atoms with E-state index in [0.29, 0.717) is 32.1 Å². The second kappa shape index (κ2) is 35.3. The minimum Gasteiger partial charge on any atom is -0.462 e. The number of phosphoric acid groups is 1. The first-order valence-electron chi connectivity index (χ1n) is 22.2. The van der Waals surface area contributed by atoms with Gasteiger partial charge in [0.25, 0.3) is 0 Å². The predicted octanol–water partition coefficient (Wildman–Crippen LogP) is 9.31. The number of hydrogen-bond acceptors (Lipinski definition) is 11. The molecule has 1 aliphatic rings. The Kier molecular flexibility index (Phi) is 32.6. The third kappa shape index (κ3) is 28.9. The maximum absolute atomic E-state index is 12.6. The van der Waals surface area contributed by atoms with E-state index < -0.39 is 50.6 Å². The Morgan fingerprint density at radius 1 is 0.793 bits per heavy atom. The molecular weight excluding hydrogens is 761 g/mol. The molecule has 1 saturated carbocycles. The highest BCUT2D eigenvalue weighted by atomic mass is 31.2. The smallest absolute Gasteiger partial charge is 0.462 e. The zero-order valence-electron chi connectivity index (χ0n) is 35.7. The molecule has 0 radical (unpaired) electrons.